The molecule has 0 bridgehead atoms. The number of hydrogen-bond acceptors (Lipinski definition) is 3. The van der Waals surface area contributed by atoms with Gasteiger partial charge in [0.15, 0.2) is 5.76 Å². The highest BCUT2D eigenvalue weighted by atomic mass is 16.3. The Bertz CT molecular complexity index is 613. The largest absolute Gasteiger partial charge is 0.459 e. The highest BCUT2D eigenvalue weighted by Crippen LogP contribution is 2.15. The lowest BCUT2D eigenvalue weighted by Crippen LogP contribution is -2.55. The molecular formula is C16H18N2O3. The predicted molar refractivity (Wildman–Crippen MR) is 78.5 cm³/mol. The highest BCUT2D eigenvalue weighted by Gasteiger charge is 2.30. The Morgan fingerprint density at radius 2 is 1.71 bits per heavy atom. The minimum Gasteiger partial charge on any atom is -0.459 e. The number of hydrogen-bond donors (Lipinski definition) is 1. The molecule has 0 unspecified atom stereocenters. The molecule has 21 heavy (non-hydrogen) atoms. The van der Waals surface area contributed by atoms with E-state index in [0.717, 1.165) is 0 Å². The van der Waals surface area contributed by atoms with Crippen molar-refractivity contribution in [2.45, 2.75) is 26.3 Å². The number of benzene rings is 1. The van der Waals surface area contributed by atoms with Crippen molar-refractivity contribution in [2.75, 3.05) is 0 Å². The smallest absolute Gasteiger partial charge is 0.305 e. The maximum absolute atomic E-state index is 12.6. The van der Waals surface area contributed by atoms with Crippen LogP contribution < -0.4 is 5.43 Å². The Morgan fingerprint density at radius 1 is 1.05 bits per heavy atom. The van der Waals surface area contributed by atoms with Crippen LogP contribution in [0.25, 0.3) is 0 Å². The summed E-state index contributed by atoms with van der Waals surface area (Å²) < 4.78 is 5.04. The summed E-state index contributed by atoms with van der Waals surface area (Å²) in [7, 11) is 0. The monoisotopic (exact) mass is 286 g/mol. The highest BCUT2D eigenvalue weighted by molar-refractivity contribution is 5.98. The third kappa shape index (κ3) is 3.51. The molecule has 0 aliphatic carbocycles. The first-order chi connectivity index (χ1) is 9.89. The van der Waals surface area contributed by atoms with E-state index in [1.54, 1.807) is 36.4 Å². The van der Waals surface area contributed by atoms with E-state index < -0.39 is 11.4 Å². The summed E-state index contributed by atoms with van der Waals surface area (Å²) in [6, 6.07) is 12.0. The minimum atomic E-state index is -0.574. The van der Waals surface area contributed by atoms with Crippen LogP contribution in [0.3, 0.4) is 0 Å². The van der Waals surface area contributed by atoms with Crippen molar-refractivity contribution in [1.82, 2.24) is 10.4 Å². The molecule has 0 aliphatic heterocycles. The summed E-state index contributed by atoms with van der Waals surface area (Å²) in [6.07, 6.45) is 1.41. The minimum absolute atomic E-state index is 0.158. The van der Waals surface area contributed by atoms with E-state index in [9.17, 15) is 9.59 Å². The van der Waals surface area contributed by atoms with E-state index in [1.807, 2.05) is 26.8 Å². The average Bonchev–Trinajstić information content (AvgIpc) is 2.98. The van der Waals surface area contributed by atoms with E-state index in [2.05, 4.69) is 5.43 Å². The second-order valence-electron chi connectivity index (χ2n) is 5.60. The van der Waals surface area contributed by atoms with Crippen molar-refractivity contribution in [1.29, 1.82) is 0 Å². The number of rotatable bonds is 2. The molecule has 0 atom stereocenters. The van der Waals surface area contributed by atoms with E-state index in [0.29, 0.717) is 5.56 Å². The van der Waals surface area contributed by atoms with E-state index >= 15 is 0 Å². The number of carbonyl (C=O) groups excluding carboxylic acids is 2. The van der Waals surface area contributed by atoms with Gasteiger partial charge < -0.3 is 4.42 Å². The van der Waals surface area contributed by atoms with E-state index in [-0.39, 0.29) is 11.7 Å². The lowest BCUT2D eigenvalue weighted by molar-refractivity contribution is 0.0349. The summed E-state index contributed by atoms with van der Waals surface area (Å²) in [5, 5.41) is 1.31. The Balaban J connectivity index is 2.24. The molecule has 1 N–H and O–H groups in total. The first-order valence-corrected chi connectivity index (χ1v) is 6.63. The number of nitrogens with zero attached hydrogens (tertiary/aromatic N) is 1. The van der Waals surface area contributed by atoms with Gasteiger partial charge >= 0.3 is 5.91 Å². The van der Waals surface area contributed by atoms with Gasteiger partial charge in [-0.05, 0) is 45.0 Å². The molecule has 2 rings (SSSR count). The fraction of sp³-hybridized carbons (Fsp3) is 0.250. The molecule has 2 amide bonds. The number of furan rings is 1. The second kappa shape index (κ2) is 5.83. The van der Waals surface area contributed by atoms with Crippen LogP contribution >= 0.6 is 0 Å². The Labute approximate surface area is 123 Å². The number of amides is 2. The number of hydrazine groups is 1. The summed E-state index contributed by atoms with van der Waals surface area (Å²) >= 11 is 0. The zero-order chi connectivity index (χ0) is 15.5. The van der Waals surface area contributed by atoms with Crippen molar-refractivity contribution < 1.29 is 14.0 Å². The molecule has 0 aliphatic rings. The zero-order valence-corrected chi connectivity index (χ0v) is 12.3. The predicted octanol–water partition coefficient (Wildman–Crippen LogP) is 2.87. The topological polar surface area (TPSA) is 62.6 Å². The van der Waals surface area contributed by atoms with Gasteiger partial charge in [-0.15, -0.1) is 0 Å². The van der Waals surface area contributed by atoms with Gasteiger partial charge in [0.25, 0.3) is 5.91 Å². The molecule has 0 saturated heterocycles. The van der Waals surface area contributed by atoms with Crippen LogP contribution in [0.2, 0.25) is 0 Å². The Morgan fingerprint density at radius 3 is 2.24 bits per heavy atom. The molecule has 0 fully saturated rings. The molecule has 1 aromatic carbocycles. The molecule has 0 radical (unpaired) electrons. The van der Waals surface area contributed by atoms with Crippen molar-refractivity contribution in [3.63, 3.8) is 0 Å². The van der Waals surface area contributed by atoms with Crippen LogP contribution in [0.4, 0.5) is 0 Å². The summed E-state index contributed by atoms with van der Waals surface area (Å²) in [5.74, 6) is -0.577. The Hall–Kier alpha value is -2.56. The van der Waals surface area contributed by atoms with Gasteiger partial charge in [0.2, 0.25) is 0 Å². The third-order valence-corrected chi connectivity index (χ3v) is 2.85. The van der Waals surface area contributed by atoms with Crippen LogP contribution in [0.5, 0.6) is 0 Å². The normalized spacial score (nSPS) is 11.0. The third-order valence-electron chi connectivity index (χ3n) is 2.85. The van der Waals surface area contributed by atoms with Gasteiger partial charge in [0.05, 0.1) is 11.8 Å². The standard InChI is InChI=1S/C16H18N2O3/c1-16(2,3)18(15(20)12-8-5-4-6-9-12)17-14(19)13-10-7-11-21-13/h4-11H,1-3H3,(H,17,19). The number of nitrogens with one attached hydrogen (secondary N) is 1. The average molecular weight is 286 g/mol. The van der Waals surface area contributed by atoms with E-state index in [1.165, 1.54) is 11.3 Å². The van der Waals surface area contributed by atoms with Gasteiger partial charge in [-0.3, -0.25) is 15.0 Å². The summed E-state index contributed by atoms with van der Waals surface area (Å²) in [6.45, 7) is 5.53. The van der Waals surface area contributed by atoms with Crippen LogP contribution in [-0.2, 0) is 0 Å². The Kier molecular flexibility index (Phi) is 4.12. The molecular weight excluding hydrogens is 268 g/mol. The van der Waals surface area contributed by atoms with Gasteiger partial charge in [0.1, 0.15) is 0 Å². The van der Waals surface area contributed by atoms with Crippen LogP contribution in [0, 0.1) is 0 Å². The maximum Gasteiger partial charge on any atom is 0.305 e. The van der Waals surface area contributed by atoms with E-state index in [4.69, 9.17) is 4.42 Å². The van der Waals surface area contributed by atoms with Crippen molar-refractivity contribution in [3.05, 3.63) is 60.1 Å². The molecule has 110 valence electrons. The van der Waals surface area contributed by atoms with Crippen LogP contribution in [0.15, 0.2) is 53.1 Å². The molecule has 1 aromatic heterocycles. The van der Waals surface area contributed by atoms with Gasteiger partial charge in [-0.2, -0.15) is 0 Å². The van der Waals surface area contributed by atoms with Gasteiger partial charge in [-0.1, -0.05) is 18.2 Å². The first kappa shape index (κ1) is 14.8. The van der Waals surface area contributed by atoms with Crippen molar-refractivity contribution in [2.24, 2.45) is 0 Å². The molecule has 0 spiro atoms. The second-order valence-corrected chi connectivity index (χ2v) is 5.60. The molecule has 5 nitrogen and oxygen atoms in total. The van der Waals surface area contributed by atoms with Crippen LogP contribution in [0.1, 0.15) is 41.7 Å². The fourth-order valence-electron chi connectivity index (χ4n) is 1.80. The van der Waals surface area contributed by atoms with Gasteiger partial charge in [0, 0.05) is 5.56 Å². The zero-order valence-electron chi connectivity index (χ0n) is 12.3. The summed E-state index contributed by atoms with van der Waals surface area (Å²) in [5.41, 5.74) is 2.54. The van der Waals surface area contributed by atoms with Crippen molar-refractivity contribution >= 4 is 11.8 Å². The quantitative estimate of drug-likeness (QED) is 0.863. The van der Waals surface area contributed by atoms with Gasteiger partial charge in [-0.25, -0.2) is 5.01 Å². The number of carbonyl (C=O) groups is 2. The SMILES string of the molecule is CC(C)(C)N(NC(=O)c1ccco1)C(=O)c1ccccc1. The molecule has 5 heteroatoms. The first-order valence-electron chi connectivity index (χ1n) is 6.63. The molecule has 0 saturated carbocycles. The van der Waals surface area contributed by atoms with Crippen LogP contribution in [-0.4, -0.2) is 22.4 Å². The van der Waals surface area contributed by atoms with Crippen molar-refractivity contribution in [3.8, 4) is 0 Å². The molecule has 1 heterocycles. The molecule has 2 aromatic rings. The lowest BCUT2D eigenvalue weighted by Gasteiger charge is -2.35. The maximum atomic E-state index is 12.6. The lowest BCUT2D eigenvalue weighted by atomic mass is 10.1. The fourth-order valence-corrected chi connectivity index (χ4v) is 1.80. The summed E-state index contributed by atoms with van der Waals surface area (Å²) in [4.78, 5) is 24.7.